The van der Waals surface area contributed by atoms with E-state index in [-0.39, 0.29) is 30.0 Å². The number of nitrogens with zero attached hydrogens (tertiary/aromatic N) is 1. The fourth-order valence-electron chi connectivity index (χ4n) is 2.19. The van der Waals surface area contributed by atoms with Crippen molar-refractivity contribution < 1.29 is 8.83 Å². The second-order valence-corrected chi connectivity index (χ2v) is 5.18. The number of nitrogens with one attached hydrogen (secondary N) is 2. The van der Waals surface area contributed by atoms with Crippen molar-refractivity contribution in [3.05, 3.63) is 46.8 Å². The second kappa shape index (κ2) is 8.26. The molecule has 1 unspecified atom stereocenters. The van der Waals surface area contributed by atoms with Gasteiger partial charge in [-0.2, -0.15) is 0 Å². The van der Waals surface area contributed by atoms with E-state index in [4.69, 9.17) is 8.83 Å². The molecule has 2 aromatic heterocycles. The third kappa shape index (κ3) is 4.79. The monoisotopic (exact) mass is 417 g/mol. The van der Waals surface area contributed by atoms with Gasteiger partial charge in [-0.1, -0.05) is 0 Å². The van der Waals surface area contributed by atoms with Crippen molar-refractivity contribution in [3.63, 3.8) is 0 Å². The van der Waals surface area contributed by atoms with Crippen molar-refractivity contribution in [2.45, 2.75) is 40.3 Å². The van der Waals surface area contributed by atoms with Gasteiger partial charge in [-0.3, -0.25) is 4.99 Å². The Balaban J connectivity index is 0.00000242. The summed E-state index contributed by atoms with van der Waals surface area (Å²) < 4.78 is 11.1. The Bertz CT molecular complexity index is 631. The van der Waals surface area contributed by atoms with Gasteiger partial charge >= 0.3 is 0 Å². The van der Waals surface area contributed by atoms with Crippen LogP contribution in [0.4, 0.5) is 0 Å². The average Bonchev–Trinajstić information content (AvgIpc) is 3.00. The number of guanidine groups is 1. The van der Waals surface area contributed by atoms with E-state index in [0.29, 0.717) is 6.54 Å². The molecule has 0 radical (unpaired) electrons. The third-order valence-electron chi connectivity index (χ3n) is 3.35. The van der Waals surface area contributed by atoms with Crippen molar-refractivity contribution in [1.82, 2.24) is 10.6 Å². The van der Waals surface area contributed by atoms with Gasteiger partial charge in [0.05, 0.1) is 6.04 Å². The molecule has 1 atom stereocenters. The van der Waals surface area contributed by atoms with Crippen molar-refractivity contribution >= 4 is 29.9 Å². The number of hydrogen-bond donors (Lipinski definition) is 2. The molecule has 0 aliphatic rings. The Morgan fingerprint density at radius 2 is 1.91 bits per heavy atom. The molecule has 2 N–H and O–H groups in total. The first kappa shape index (κ1) is 18.6. The first-order valence-corrected chi connectivity index (χ1v) is 7.09. The molecule has 22 heavy (non-hydrogen) atoms. The van der Waals surface area contributed by atoms with Gasteiger partial charge in [-0.25, -0.2) is 0 Å². The highest BCUT2D eigenvalue weighted by Gasteiger charge is 2.12. The van der Waals surface area contributed by atoms with E-state index >= 15 is 0 Å². The maximum Gasteiger partial charge on any atom is 0.191 e. The van der Waals surface area contributed by atoms with Gasteiger partial charge < -0.3 is 19.5 Å². The van der Waals surface area contributed by atoms with Crippen LogP contribution in [-0.2, 0) is 6.54 Å². The molecule has 0 bridgehead atoms. The van der Waals surface area contributed by atoms with E-state index in [1.165, 1.54) is 0 Å². The van der Waals surface area contributed by atoms with Crippen LogP contribution in [0.25, 0.3) is 0 Å². The van der Waals surface area contributed by atoms with E-state index in [1.54, 1.807) is 7.05 Å². The van der Waals surface area contributed by atoms with E-state index < -0.39 is 0 Å². The molecule has 0 saturated carbocycles. The molecule has 2 rings (SSSR count). The van der Waals surface area contributed by atoms with Crippen LogP contribution in [0, 0.1) is 20.8 Å². The van der Waals surface area contributed by atoms with Crippen molar-refractivity contribution in [1.29, 1.82) is 0 Å². The molecule has 2 heterocycles. The molecule has 0 spiro atoms. The van der Waals surface area contributed by atoms with Gasteiger partial charge in [0.25, 0.3) is 0 Å². The number of aryl methyl sites for hydroxylation is 3. The summed E-state index contributed by atoms with van der Waals surface area (Å²) in [5.74, 6) is 4.39. The highest BCUT2D eigenvalue weighted by molar-refractivity contribution is 14.0. The zero-order chi connectivity index (χ0) is 15.4. The number of rotatable bonds is 4. The summed E-state index contributed by atoms with van der Waals surface area (Å²) in [5, 5.41) is 6.59. The Kier molecular flexibility index (Phi) is 6.99. The standard InChI is InChI=1S/C16H23N3O2.HI/c1-10-6-7-15(21-10)12(3)19-16(17-5)18-9-14-8-11(2)20-13(14)4;/h6-8,12H,9H2,1-5H3,(H2,17,18,19);1H. The molecule has 2 aromatic rings. The minimum Gasteiger partial charge on any atom is -0.466 e. The third-order valence-corrected chi connectivity index (χ3v) is 3.35. The lowest BCUT2D eigenvalue weighted by molar-refractivity contribution is 0.441. The number of aliphatic imine (C=N–C) groups is 1. The summed E-state index contributed by atoms with van der Waals surface area (Å²) in [6, 6.07) is 6.03. The maximum atomic E-state index is 5.62. The minimum atomic E-state index is 0. The van der Waals surface area contributed by atoms with Crippen LogP contribution < -0.4 is 10.6 Å². The molecular formula is C16H24IN3O2. The molecule has 0 aliphatic carbocycles. The van der Waals surface area contributed by atoms with Gasteiger partial charge in [-0.15, -0.1) is 24.0 Å². The van der Waals surface area contributed by atoms with E-state index in [9.17, 15) is 0 Å². The van der Waals surface area contributed by atoms with Gasteiger partial charge in [0.15, 0.2) is 5.96 Å². The largest absolute Gasteiger partial charge is 0.466 e. The van der Waals surface area contributed by atoms with Crippen LogP contribution in [0.1, 0.15) is 41.6 Å². The number of halogens is 1. The van der Waals surface area contributed by atoms with Crippen molar-refractivity contribution in [2.24, 2.45) is 4.99 Å². The number of hydrogen-bond acceptors (Lipinski definition) is 3. The van der Waals surface area contributed by atoms with Crippen LogP contribution in [0.2, 0.25) is 0 Å². The normalized spacial score (nSPS) is 12.7. The van der Waals surface area contributed by atoms with Crippen molar-refractivity contribution in [2.75, 3.05) is 7.05 Å². The van der Waals surface area contributed by atoms with Crippen LogP contribution in [0.3, 0.4) is 0 Å². The lowest BCUT2D eigenvalue weighted by Gasteiger charge is -2.16. The number of furan rings is 2. The second-order valence-electron chi connectivity index (χ2n) is 5.18. The molecule has 0 fully saturated rings. The first-order chi connectivity index (χ1) is 9.99. The molecular weight excluding hydrogens is 393 g/mol. The van der Waals surface area contributed by atoms with Crippen molar-refractivity contribution in [3.8, 4) is 0 Å². The van der Waals surface area contributed by atoms with Crippen LogP contribution >= 0.6 is 24.0 Å². The Labute approximate surface area is 148 Å². The Hall–Kier alpha value is -1.44. The maximum absolute atomic E-state index is 5.62. The summed E-state index contributed by atoms with van der Waals surface area (Å²) in [7, 11) is 1.75. The fourth-order valence-corrected chi connectivity index (χ4v) is 2.19. The van der Waals surface area contributed by atoms with Crippen LogP contribution in [0.15, 0.2) is 32.0 Å². The Morgan fingerprint density at radius 3 is 2.41 bits per heavy atom. The van der Waals surface area contributed by atoms with Gasteiger partial charge in [0.1, 0.15) is 23.0 Å². The summed E-state index contributed by atoms with van der Waals surface area (Å²) >= 11 is 0. The van der Waals surface area contributed by atoms with E-state index in [2.05, 4.69) is 15.6 Å². The summed E-state index contributed by atoms with van der Waals surface area (Å²) in [4.78, 5) is 4.23. The quantitative estimate of drug-likeness (QED) is 0.451. The summed E-state index contributed by atoms with van der Waals surface area (Å²) in [6.07, 6.45) is 0. The van der Waals surface area contributed by atoms with Crippen LogP contribution in [-0.4, -0.2) is 13.0 Å². The lowest BCUT2D eigenvalue weighted by atomic mass is 10.2. The molecule has 0 saturated heterocycles. The molecule has 122 valence electrons. The Morgan fingerprint density at radius 1 is 1.18 bits per heavy atom. The van der Waals surface area contributed by atoms with E-state index in [0.717, 1.165) is 34.6 Å². The van der Waals surface area contributed by atoms with E-state index in [1.807, 2.05) is 45.9 Å². The minimum absolute atomic E-state index is 0. The highest BCUT2D eigenvalue weighted by Crippen LogP contribution is 2.16. The zero-order valence-electron chi connectivity index (χ0n) is 13.7. The summed E-state index contributed by atoms with van der Waals surface area (Å²) in [6.45, 7) is 8.57. The molecule has 5 nitrogen and oxygen atoms in total. The molecule has 0 aliphatic heterocycles. The smallest absolute Gasteiger partial charge is 0.191 e. The first-order valence-electron chi connectivity index (χ1n) is 7.09. The predicted octanol–water partition coefficient (Wildman–Crippen LogP) is 3.84. The highest BCUT2D eigenvalue weighted by atomic mass is 127. The lowest BCUT2D eigenvalue weighted by Crippen LogP contribution is -2.38. The fraction of sp³-hybridized carbons (Fsp3) is 0.438. The van der Waals surface area contributed by atoms with Gasteiger partial charge in [0, 0.05) is 19.2 Å². The predicted molar refractivity (Wildman–Crippen MR) is 98.8 cm³/mol. The summed E-state index contributed by atoms with van der Waals surface area (Å²) in [5.41, 5.74) is 1.14. The zero-order valence-corrected chi connectivity index (χ0v) is 16.0. The molecule has 0 aromatic carbocycles. The topological polar surface area (TPSA) is 62.7 Å². The van der Waals surface area contributed by atoms with Gasteiger partial charge in [-0.05, 0) is 45.9 Å². The molecule has 6 heteroatoms. The molecule has 0 amide bonds. The average molecular weight is 417 g/mol. The SMILES string of the molecule is CN=C(NCc1cc(C)oc1C)NC(C)c1ccc(C)o1.I. The van der Waals surface area contributed by atoms with Crippen LogP contribution in [0.5, 0.6) is 0 Å². The van der Waals surface area contributed by atoms with Gasteiger partial charge in [0.2, 0.25) is 0 Å².